The average Bonchev–Trinajstić information content (AvgIpc) is 2.61. The maximum Gasteiger partial charge on any atom is 0.123 e. The summed E-state index contributed by atoms with van der Waals surface area (Å²) in [5.41, 5.74) is 2.38. The molecular weight excluding hydrogens is 288 g/mol. The lowest BCUT2D eigenvalue weighted by atomic mass is 9.99. The lowest BCUT2D eigenvalue weighted by molar-refractivity contribution is 0.148. The molecule has 2 atom stereocenters. The van der Waals surface area contributed by atoms with E-state index in [4.69, 9.17) is 9.47 Å². The molecule has 0 saturated carbocycles. The first-order valence-corrected chi connectivity index (χ1v) is 7.86. The summed E-state index contributed by atoms with van der Waals surface area (Å²) in [4.78, 5) is 0. The summed E-state index contributed by atoms with van der Waals surface area (Å²) < 4.78 is 10.8. The predicted molar refractivity (Wildman–Crippen MR) is 93.7 cm³/mol. The minimum absolute atomic E-state index is 0.150. The number of likely N-dealkylation sites (N-methyl/N-ethyl adjacent to an activating group) is 1. The highest BCUT2D eigenvalue weighted by molar-refractivity contribution is 5.33. The second kappa shape index (κ2) is 9.30. The summed E-state index contributed by atoms with van der Waals surface area (Å²) in [6.07, 6.45) is 0. The van der Waals surface area contributed by atoms with Gasteiger partial charge in [-0.15, -0.1) is 0 Å². The molecule has 0 radical (unpaired) electrons. The van der Waals surface area contributed by atoms with Gasteiger partial charge >= 0.3 is 0 Å². The smallest absolute Gasteiger partial charge is 0.123 e. The van der Waals surface area contributed by atoms with Crippen molar-refractivity contribution in [3.05, 3.63) is 65.7 Å². The zero-order valence-electron chi connectivity index (χ0n) is 14.1. The third-order valence-electron chi connectivity index (χ3n) is 3.97. The zero-order chi connectivity index (χ0) is 16.5. The molecule has 4 nitrogen and oxygen atoms in total. The molecule has 0 amide bonds. The van der Waals surface area contributed by atoms with Crippen molar-refractivity contribution in [2.24, 2.45) is 0 Å². The number of methoxy groups -OCH3 is 2. The monoisotopic (exact) mass is 314 g/mol. The number of hydrogen-bond donors (Lipinski definition) is 2. The van der Waals surface area contributed by atoms with Gasteiger partial charge in [0.05, 0.1) is 19.8 Å². The Hall–Kier alpha value is -1.88. The average molecular weight is 314 g/mol. The summed E-state index contributed by atoms with van der Waals surface area (Å²) in [5.74, 6) is 0.900. The van der Waals surface area contributed by atoms with Crippen LogP contribution in [0.3, 0.4) is 0 Å². The maximum atomic E-state index is 5.42. The van der Waals surface area contributed by atoms with Gasteiger partial charge in [0.25, 0.3) is 0 Å². The molecule has 2 aromatic carbocycles. The molecule has 2 unspecified atom stereocenters. The largest absolute Gasteiger partial charge is 0.496 e. The van der Waals surface area contributed by atoms with E-state index < -0.39 is 0 Å². The van der Waals surface area contributed by atoms with Gasteiger partial charge in [-0.3, -0.25) is 0 Å². The Kier molecular flexibility index (Phi) is 7.07. The Balaban J connectivity index is 2.11. The standard InChI is InChI=1S/C19H26N2O2/c1-20-19(15-9-5-4-6-10-15)17(14-22-2)21-13-16-11-7-8-12-18(16)23-3/h4-12,17,19-21H,13-14H2,1-3H3. The molecule has 23 heavy (non-hydrogen) atoms. The zero-order valence-corrected chi connectivity index (χ0v) is 14.1. The molecule has 0 aliphatic heterocycles. The van der Waals surface area contributed by atoms with Crippen LogP contribution in [0.4, 0.5) is 0 Å². The summed E-state index contributed by atoms with van der Waals surface area (Å²) in [5, 5.41) is 6.99. The molecule has 2 rings (SSSR count). The molecule has 0 spiro atoms. The molecule has 0 aliphatic rings. The Morgan fingerprint density at radius 2 is 1.65 bits per heavy atom. The van der Waals surface area contributed by atoms with E-state index in [1.807, 2.05) is 31.3 Å². The second-order valence-corrected chi connectivity index (χ2v) is 5.43. The normalized spacial score (nSPS) is 13.5. The molecule has 0 bridgehead atoms. The summed E-state index contributed by atoms with van der Waals surface area (Å²) in [7, 11) is 5.41. The number of benzene rings is 2. The molecule has 0 fully saturated rings. The van der Waals surface area contributed by atoms with Crippen molar-refractivity contribution in [1.29, 1.82) is 0 Å². The Bertz CT molecular complexity index is 575. The fourth-order valence-electron chi connectivity index (χ4n) is 2.80. The van der Waals surface area contributed by atoms with E-state index in [1.165, 1.54) is 5.56 Å². The van der Waals surface area contributed by atoms with Crippen LogP contribution in [-0.4, -0.2) is 33.9 Å². The number of hydrogen-bond acceptors (Lipinski definition) is 4. The first kappa shape index (κ1) is 17.5. The van der Waals surface area contributed by atoms with Gasteiger partial charge in [0, 0.05) is 25.3 Å². The minimum Gasteiger partial charge on any atom is -0.496 e. The first-order valence-electron chi connectivity index (χ1n) is 7.86. The summed E-state index contributed by atoms with van der Waals surface area (Å²) in [6, 6.07) is 18.8. The fraction of sp³-hybridized carbons (Fsp3) is 0.368. The third-order valence-corrected chi connectivity index (χ3v) is 3.97. The first-order chi connectivity index (χ1) is 11.3. The molecular formula is C19H26N2O2. The van der Waals surface area contributed by atoms with Gasteiger partial charge in [0.2, 0.25) is 0 Å². The fourth-order valence-corrected chi connectivity index (χ4v) is 2.80. The van der Waals surface area contributed by atoms with Crippen molar-refractivity contribution in [3.8, 4) is 5.75 Å². The molecule has 2 N–H and O–H groups in total. The van der Waals surface area contributed by atoms with Crippen molar-refractivity contribution in [2.45, 2.75) is 18.6 Å². The molecule has 0 saturated heterocycles. The van der Waals surface area contributed by atoms with Crippen molar-refractivity contribution in [2.75, 3.05) is 27.9 Å². The number of para-hydroxylation sites is 1. The number of rotatable bonds is 9. The van der Waals surface area contributed by atoms with Crippen LogP contribution in [0, 0.1) is 0 Å². The maximum absolute atomic E-state index is 5.42. The van der Waals surface area contributed by atoms with Gasteiger partial charge in [0.15, 0.2) is 0 Å². The van der Waals surface area contributed by atoms with Gasteiger partial charge in [-0.1, -0.05) is 48.5 Å². The number of ether oxygens (including phenoxy) is 2. The molecule has 0 heterocycles. The van der Waals surface area contributed by atoms with Gasteiger partial charge in [-0.2, -0.15) is 0 Å². The van der Waals surface area contributed by atoms with Crippen molar-refractivity contribution < 1.29 is 9.47 Å². The van der Waals surface area contributed by atoms with E-state index in [2.05, 4.69) is 41.0 Å². The second-order valence-electron chi connectivity index (χ2n) is 5.43. The van der Waals surface area contributed by atoms with Crippen LogP contribution in [0.15, 0.2) is 54.6 Å². The van der Waals surface area contributed by atoms with E-state index in [1.54, 1.807) is 14.2 Å². The van der Waals surface area contributed by atoms with Crippen LogP contribution in [0.25, 0.3) is 0 Å². The van der Waals surface area contributed by atoms with Gasteiger partial charge in [-0.25, -0.2) is 0 Å². The summed E-state index contributed by atoms with van der Waals surface area (Å²) >= 11 is 0. The Labute approximate surface area is 138 Å². The van der Waals surface area contributed by atoms with Gasteiger partial charge in [-0.05, 0) is 18.7 Å². The van der Waals surface area contributed by atoms with Gasteiger partial charge in [0.1, 0.15) is 5.75 Å². The highest BCUT2D eigenvalue weighted by Crippen LogP contribution is 2.20. The van der Waals surface area contributed by atoms with E-state index in [-0.39, 0.29) is 12.1 Å². The topological polar surface area (TPSA) is 42.5 Å². The lowest BCUT2D eigenvalue weighted by Gasteiger charge is -2.28. The van der Waals surface area contributed by atoms with Crippen LogP contribution in [0.2, 0.25) is 0 Å². The van der Waals surface area contributed by atoms with Crippen LogP contribution >= 0.6 is 0 Å². The van der Waals surface area contributed by atoms with Crippen molar-refractivity contribution >= 4 is 0 Å². The number of nitrogens with one attached hydrogen (secondary N) is 2. The van der Waals surface area contributed by atoms with Crippen LogP contribution in [-0.2, 0) is 11.3 Å². The highest BCUT2D eigenvalue weighted by atomic mass is 16.5. The molecule has 4 heteroatoms. The van der Waals surface area contributed by atoms with Crippen LogP contribution < -0.4 is 15.4 Å². The molecule has 0 aliphatic carbocycles. The quantitative estimate of drug-likeness (QED) is 0.747. The Morgan fingerprint density at radius 1 is 0.957 bits per heavy atom. The van der Waals surface area contributed by atoms with Crippen molar-refractivity contribution in [1.82, 2.24) is 10.6 Å². The molecule has 2 aromatic rings. The van der Waals surface area contributed by atoms with E-state index in [9.17, 15) is 0 Å². The molecule has 124 valence electrons. The highest BCUT2D eigenvalue weighted by Gasteiger charge is 2.21. The Morgan fingerprint density at radius 3 is 2.30 bits per heavy atom. The third kappa shape index (κ3) is 4.79. The molecule has 0 aromatic heterocycles. The van der Waals surface area contributed by atoms with Gasteiger partial charge < -0.3 is 20.1 Å². The van der Waals surface area contributed by atoms with E-state index >= 15 is 0 Å². The SMILES string of the molecule is CNC(c1ccccc1)C(COC)NCc1ccccc1OC. The van der Waals surface area contributed by atoms with Crippen molar-refractivity contribution in [3.63, 3.8) is 0 Å². The lowest BCUT2D eigenvalue weighted by Crippen LogP contribution is -2.43. The summed E-state index contributed by atoms with van der Waals surface area (Å²) in [6.45, 7) is 1.35. The van der Waals surface area contributed by atoms with E-state index in [0.29, 0.717) is 6.61 Å². The van der Waals surface area contributed by atoms with Crippen LogP contribution in [0.1, 0.15) is 17.2 Å². The minimum atomic E-state index is 0.150. The predicted octanol–water partition coefficient (Wildman–Crippen LogP) is 2.76. The van der Waals surface area contributed by atoms with E-state index in [0.717, 1.165) is 17.9 Å². The van der Waals surface area contributed by atoms with Crippen LogP contribution in [0.5, 0.6) is 5.75 Å².